The van der Waals surface area contributed by atoms with Gasteiger partial charge in [-0.2, -0.15) is 0 Å². The van der Waals surface area contributed by atoms with Gasteiger partial charge in [0.15, 0.2) is 0 Å². The van der Waals surface area contributed by atoms with E-state index in [9.17, 15) is 19.5 Å². The molecule has 134 valence electrons. The fourth-order valence-corrected chi connectivity index (χ4v) is 3.68. The van der Waals surface area contributed by atoms with Crippen LogP contribution in [0.5, 0.6) is 0 Å². The first-order valence-corrected chi connectivity index (χ1v) is 8.89. The van der Waals surface area contributed by atoms with Crippen LogP contribution in [0.25, 0.3) is 0 Å². The first kappa shape index (κ1) is 17.6. The quantitative estimate of drug-likeness (QED) is 0.825. The predicted octanol–water partition coefficient (Wildman–Crippen LogP) is 1.68. The van der Waals surface area contributed by atoms with E-state index in [1.807, 2.05) is 0 Å². The second-order valence-corrected chi connectivity index (χ2v) is 6.91. The molecule has 0 saturated heterocycles. The maximum absolute atomic E-state index is 12.4. The Balaban J connectivity index is 1.57. The van der Waals surface area contributed by atoms with E-state index in [4.69, 9.17) is 0 Å². The number of aliphatic hydroxyl groups excluding tert-OH is 1. The molecule has 1 aliphatic heterocycles. The Morgan fingerprint density at radius 3 is 2.28 bits per heavy atom. The second-order valence-electron chi connectivity index (χ2n) is 6.91. The van der Waals surface area contributed by atoms with Crippen LogP contribution in [0.1, 0.15) is 52.8 Å². The van der Waals surface area contributed by atoms with Crippen molar-refractivity contribution in [2.24, 2.45) is 5.92 Å². The summed E-state index contributed by atoms with van der Waals surface area (Å²) in [5.41, 5.74) is 0.812. The number of nitrogens with zero attached hydrogens (tertiary/aromatic N) is 2. The van der Waals surface area contributed by atoms with Gasteiger partial charge in [0.2, 0.25) is 0 Å². The van der Waals surface area contributed by atoms with Crippen molar-refractivity contribution in [3.05, 3.63) is 35.4 Å². The van der Waals surface area contributed by atoms with Gasteiger partial charge in [0.1, 0.15) is 6.10 Å². The van der Waals surface area contributed by atoms with E-state index in [2.05, 4.69) is 0 Å². The molecule has 1 atom stereocenters. The number of carbonyl (C=O) groups excluding carboxylic acids is 3. The molecule has 1 saturated carbocycles. The Hall–Kier alpha value is -2.21. The Morgan fingerprint density at radius 2 is 1.72 bits per heavy atom. The van der Waals surface area contributed by atoms with E-state index < -0.39 is 6.10 Å². The molecule has 0 aromatic heterocycles. The monoisotopic (exact) mass is 344 g/mol. The molecule has 1 heterocycles. The summed E-state index contributed by atoms with van der Waals surface area (Å²) in [5, 5.41) is 10.3. The fourth-order valence-electron chi connectivity index (χ4n) is 3.68. The molecule has 3 amide bonds. The number of carbonyl (C=O) groups is 3. The van der Waals surface area contributed by atoms with Crippen LogP contribution in [0, 0.1) is 5.92 Å². The highest BCUT2D eigenvalue weighted by atomic mass is 16.3. The Morgan fingerprint density at radius 1 is 1.16 bits per heavy atom. The largest absolute Gasteiger partial charge is 0.383 e. The van der Waals surface area contributed by atoms with E-state index in [1.165, 1.54) is 9.80 Å². The van der Waals surface area contributed by atoms with Crippen molar-refractivity contribution < 1.29 is 19.5 Å². The number of amides is 3. The predicted molar refractivity (Wildman–Crippen MR) is 92.0 cm³/mol. The van der Waals surface area contributed by atoms with Gasteiger partial charge in [-0.1, -0.05) is 31.4 Å². The molecule has 1 aliphatic carbocycles. The zero-order valence-electron chi connectivity index (χ0n) is 14.5. The van der Waals surface area contributed by atoms with Gasteiger partial charge in [0, 0.05) is 20.1 Å². The average molecular weight is 344 g/mol. The smallest absolute Gasteiger partial charge is 0.261 e. The minimum Gasteiger partial charge on any atom is -0.383 e. The Labute approximate surface area is 147 Å². The molecule has 1 N–H and O–H groups in total. The lowest BCUT2D eigenvalue weighted by Crippen LogP contribution is -2.45. The highest BCUT2D eigenvalue weighted by Gasteiger charge is 2.35. The number of hydrogen-bond donors (Lipinski definition) is 1. The van der Waals surface area contributed by atoms with Crippen LogP contribution in [0.4, 0.5) is 0 Å². The van der Waals surface area contributed by atoms with Gasteiger partial charge >= 0.3 is 0 Å². The summed E-state index contributed by atoms with van der Waals surface area (Å²) in [6.07, 6.45) is 4.01. The highest BCUT2D eigenvalue weighted by molar-refractivity contribution is 6.21. The normalized spacial score (nSPS) is 19.0. The van der Waals surface area contributed by atoms with E-state index in [1.54, 1.807) is 31.3 Å². The standard InChI is InChI=1S/C19H24N2O4/c1-20(19(25)16(22)13-7-3-2-4-8-13)11-12-21-17(23)14-9-5-6-10-15(14)18(21)24/h5-6,9-10,13,16,22H,2-4,7-8,11-12H2,1H3. The second kappa shape index (κ2) is 7.35. The lowest BCUT2D eigenvalue weighted by Gasteiger charge is -2.29. The molecule has 25 heavy (non-hydrogen) atoms. The summed E-state index contributed by atoms with van der Waals surface area (Å²) in [4.78, 5) is 39.6. The summed E-state index contributed by atoms with van der Waals surface area (Å²) in [6.45, 7) is 0.347. The number of likely N-dealkylation sites (N-methyl/N-ethyl adjacent to an activating group) is 1. The van der Waals surface area contributed by atoms with Crippen LogP contribution in [0.3, 0.4) is 0 Å². The van der Waals surface area contributed by atoms with Gasteiger partial charge < -0.3 is 10.0 Å². The molecule has 0 spiro atoms. The maximum atomic E-state index is 12.4. The van der Waals surface area contributed by atoms with E-state index in [0.717, 1.165) is 32.1 Å². The number of rotatable bonds is 5. The van der Waals surface area contributed by atoms with Crippen molar-refractivity contribution in [2.45, 2.75) is 38.2 Å². The maximum Gasteiger partial charge on any atom is 0.261 e. The lowest BCUT2D eigenvalue weighted by molar-refractivity contribution is -0.142. The molecular weight excluding hydrogens is 320 g/mol. The highest BCUT2D eigenvalue weighted by Crippen LogP contribution is 2.27. The number of hydrogen-bond acceptors (Lipinski definition) is 4. The molecule has 1 aromatic carbocycles. The minimum absolute atomic E-state index is 0.0167. The van der Waals surface area contributed by atoms with Crippen LogP contribution in [0.2, 0.25) is 0 Å². The summed E-state index contributed by atoms with van der Waals surface area (Å²) in [6, 6.07) is 6.72. The van der Waals surface area contributed by atoms with Crippen LogP contribution in [-0.4, -0.2) is 58.9 Å². The van der Waals surface area contributed by atoms with Crippen LogP contribution >= 0.6 is 0 Å². The summed E-state index contributed by atoms with van der Waals surface area (Å²) >= 11 is 0. The van der Waals surface area contributed by atoms with Gasteiger partial charge in [-0.3, -0.25) is 19.3 Å². The zero-order valence-corrected chi connectivity index (χ0v) is 14.5. The third-order valence-electron chi connectivity index (χ3n) is 5.26. The number of benzene rings is 1. The van der Waals surface area contributed by atoms with Crippen molar-refractivity contribution >= 4 is 17.7 Å². The third kappa shape index (κ3) is 3.44. The van der Waals surface area contributed by atoms with Gasteiger partial charge in [-0.25, -0.2) is 0 Å². The van der Waals surface area contributed by atoms with Crippen LogP contribution in [-0.2, 0) is 4.79 Å². The van der Waals surface area contributed by atoms with Gasteiger partial charge in [0.05, 0.1) is 11.1 Å². The van der Waals surface area contributed by atoms with Crippen molar-refractivity contribution in [3.63, 3.8) is 0 Å². The first-order chi connectivity index (χ1) is 12.0. The number of fused-ring (bicyclic) bond motifs is 1. The SMILES string of the molecule is CN(CCN1C(=O)c2ccccc2C1=O)C(=O)C(O)C1CCCCC1. The average Bonchev–Trinajstić information content (AvgIpc) is 2.90. The topological polar surface area (TPSA) is 77.9 Å². The molecule has 6 heteroatoms. The van der Waals surface area contributed by atoms with Crippen LogP contribution in [0.15, 0.2) is 24.3 Å². The number of imide groups is 1. The van der Waals surface area contributed by atoms with Crippen molar-refractivity contribution in [1.29, 1.82) is 0 Å². The summed E-state index contributed by atoms with van der Waals surface area (Å²) in [5.74, 6) is -0.963. The molecule has 6 nitrogen and oxygen atoms in total. The molecule has 1 fully saturated rings. The lowest BCUT2D eigenvalue weighted by atomic mass is 9.85. The van der Waals surface area contributed by atoms with E-state index >= 15 is 0 Å². The molecule has 0 bridgehead atoms. The van der Waals surface area contributed by atoms with Gasteiger partial charge in [0.25, 0.3) is 17.7 Å². The van der Waals surface area contributed by atoms with Crippen molar-refractivity contribution in [1.82, 2.24) is 9.80 Å². The van der Waals surface area contributed by atoms with Crippen molar-refractivity contribution in [3.8, 4) is 0 Å². The summed E-state index contributed by atoms with van der Waals surface area (Å²) in [7, 11) is 1.60. The first-order valence-electron chi connectivity index (χ1n) is 8.89. The number of aliphatic hydroxyl groups is 1. The Bertz CT molecular complexity index is 647. The molecule has 0 radical (unpaired) electrons. The Kier molecular flexibility index (Phi) is 5.18. The minimum atomic E-state index is -0.993. The summed E-state index contributed by atoms with van der Waals surface area (Å²) < 4.78 is 0. The molecular formula is C19H24N2O4. The van der Waals surface area contributed by atoms with Crippen LogP contribution < -0.4 is 0 Å². The van der Waals surface area contributed by atoms with Gasteiger partial charge in [-0.15, -0.1) is 0 Å². The van der Waals surface area contributed by atoms with Crippen molar-refractivity contribution in [2.75, 3.05) is 20.1 Å². The molecule has 2 aliphatic rings. The van der Waals surface area contributed by atoms with E-state index in [0.29, 0.717) is 11.1 Å². The van der Waals surface area contributed by atoms with E-state index in [-0.39, 0.29) is 36.7 Å². The molecule has 3 rings (SSSR count). The fraction of sp³-hybridized carbons (Fsp3) is 0.526. The molecule has 1 aromatic rings. The zero-order chi connectivity index (χ0) is 18.0. The van der Waals surface area contributed by atoms with Gasteiger partial charge in [-0.05, 0) is 30.9 Å². The third-order valence-corrected chi connectivity index (χ3v) is 5.26. The molecule has 1 unspecified atom stereocenters.